The van der Waals surface area contributed by atoms with Gasteiger partial charge >= 0.3 is 5.97 Å². The number of nitrogens with zero attached hydrogens (tertiary/aromatic N) is 1. The summed E-state index contributed by atoms with van der Waals surface area (Å²) in [7, 11) is 0. The zero-order valence-corrected chi connectivity index (χ0v) is 14.0. The fourth-order valence-corrected chi connectivity index (χ4v) is 3.37. The molecular weight excluding hydrogens is 298 g/mol. The summed E-state index contributed by atoms with van der Waals surface area (Å²) in [5.74, 6) is 0.115. The fraction of sp³-hybridized carbons (Fsp3) is 0.412. The minimum absolute atomic E-state index is 0.0581. The molecule has 0 unspecified atom stereocenters. The third-order valence-electron chi connectivity index (χ3n) is 3.37. The first kappa shape index (κ1) is 16.5. The number of benzene rings is 1. The van der Waals surface area contributed by atoms with Crippen LogP contribution in [0.2, 0.25) is 0 Å². The number of rotatable bonds is 7. The zero-order valence-electron chi connectivity index (χ0n) is 13.2. The molecule has 0 atom stereocenters. The smallest absolute Gasteiger partial charge is 0.308 e. The first-order valence-corrected chi connectivity index (χ1v) is 8.14. The largest absolute Gasteiger partial charge is 0.493 e. The monoisotopic (exact) mass is 319 g/mol. The Morgan fingerprint density at radius 2 is 2.09 bits per heavy atom. The maximum atomic E-state index is 10.8. The van der Waals surface area contributed by atoms with Crippen LogP contribution in [0.25, 0.3) is 0 Å². The van der Waals surface area contributed by atoms with E-state index in [0.29, 0.717) is 6.61 Å². The molecule has 0 saturated heterocycles. The van der Waals surface area contributed by atoms with E-state index in [-0.39, 0.29) is 6.42 Å². The summed E-state index contributed by atoms with van der Waals surface area (Å²) in [6.07, 6.45) is 1.74. The SMILES string of the molecule is Cc1ccc(OCCCc2nc(C)c(CC(=O)O)s2)c(C)c1. The summed E-state index contributed by atoms with van der Waals surface area (Å²) >= 11 is 1.49. The molecule has 2 rings (SSSR count). The normalized spacial score (nSPS) is 10.7. The Kier molecular flexibility index (Phi) is 5.55. The Balaban J connectivity index is 1.82. The number of carboxylic acids is 1. The molecule has 0 fully saturated rings. The lowest BCUT2D eigenvalue weighted by atomic mass is 10.1. The van der Waals surface area contributed by atoms with E-state index in [0.717, 1.165) is 39.7 Å². The highest BCUT2D eigenvalue weighted by atomic mass is 32.1. The van der Waals surface area contributed by atoms with Gasteiger partial charge in [-0.15, -0.1) is 11.3 Å². The first-order valence-electron chi connectivity index (χ1n) is 7.32. The van der Waals surface area contributed by atoms with E-state index >= 15 is 0 Å². The van der Waals surface area contributed by atoms with Crippen molar-refractivity contribution in [3.8, 4) is 5.75 Å². The lowest BCUT2D eigenvalue weighted by Crippen LogP contribution is -2.00. The Hall–Kier alpha value is -1.88. The molecule has 0 radical (unpaired) electrons. The second kappa shape index (κ2) is 7.40. The van der Waals surface area contributed by atoms with Crippen LogP contribution >= 0.6 is 11.3 Å². The number of carbonyl (C=O) groups is 1. The molecule has 1 aromatic carbocycles. The van der Waals surface area contributed by atoms with Crippen molar-refractivity contribution in [3.05, 3.63) is 44.9 Å². The number of carboxylic acid groups (broad SMARTS) is 1. The summed E-state index contributed by atoms with van der Waals surface area (Å²) in [6, 6.07) is 6.16. The minimum Gasteiger partial charge on any atom is -0.493 e. The molecule has 1 heterocycles. The van der Waals surface area contributed by atoms with Crippen LogP contribution in [0.15, 0.2) is 18.2 Å². The van der Waals surface area contributed by atoms with Crippen LogP contribution in [-0.2, 0) is 17.6 Å². The summed E-state index contributed by atoms with van der Waals surface area (Å²) in [5.41, 5.74) is 3.21. The average Bonchev–Trinajstić information content (AvgIpc) is 2.76. The van der Waals surface area contributed by atoms with Gasteiger partial charge in [0.1, 0.15) is 5.75 Å². The maximum Gasteiger partial charge on any atom is 0.308 e. The maximum absolute atomic E-state index is 10.8. The third kappa shape index (κ3) is 4.56. The van der Waals surface area contributed by atoms with Crippen molar-refractivity contribution in [3.63, 3.8) is 0 Å². The van der Waals surface area contributed by atoms with Gasteiger partial charge in [-0.05, 0) is 38.8 Å². The molecule has 0 aliphatic heterocycles. The van der Waals surface area contributed by atoms with E-state index in [9.17, 15) is 4.79 Å². The van der Waals surface area contributed by atoms with Gasteiger partial charge in [0.25, 0.3) is 0 Å². The third-order valence-corrected chi connectivity index (χ3v) is 4.59. The quantitative estimate of drug-likeness (QED) is 0.790. The molecule has 5 heteroatoms. The molecule has 0 saturated carbocycles. The van der Waals surface area contributed by atoms with Crippen molar-refractivity contribution in [2.24, 2.45) is 0 Å². The molecule has 1 aromatic heterocycles. The van der Waals surface area contributed by atoms with Gasteiger partial charge in [-0.25, -0.2) is 4.98 Å². The summed E-state index contributed by atoms with van der Waals surface area (Å²) in [5, 5.41) is 9.83. The van der Waals surface area contributed by atoms with Crippen molar-refractivity contribution in [2.45, 2.75) is 40.0 Å². The molecule has 0 aliphatic rings. The van der Waals surface area contributed by atoms with Gasteiger partial charge in [-0.3, -0.25) is 4.79 Å². The average molecular weight is 319 g/mol. The van der Waals surface area contributed by atoms with Crippen LogP contribution < -0.4 is 4.74 Å². The molecule has 0 bridgehead atoms. The number of aromatic nitrogens is 1. The van der Waals surface area contributed by atoms with Crippen LogP contribution in [0.4, 0.5) is 0 Å². The molecule has 0 amide bonds. The highest BCUT2D eigenvalue weighted by Crippen LogP contribution is 2.21. The number of aliphatic carboxylic acids is 1. The van der Waals surface area contributed by atoms with Crippen LogP contribution in [0, 0.1) is 20.8 Å². The van der Waals surface area contributed by atoms with Gasteiger partial charge in [0, 0.05) is 11.3 Å². The van der Waals surface area contributed by atoms with Gasteiger partial charge in [-0.1, -0.05) is 17.7 Å². The van der Waals surface area contributed by atoms with Crippen molar-refractivity contribution >= 4 is 17.3 Å². The second-order valence-electron chi connectivity index (χ2n) is 5.41. The van der Waals surface area contributed by atoms with Gasteiger partial charge in [0.2, 0.25) is 0 Å². The van der Waals surface area contributed by atoms with Crippen LogP contribution in [-0.4, -0.2) is 22.7 Å². The molecule has 4 nitrogen and oxygen atoms in total. The summed E-state index contributed by atoms with van der Waals surface area (Å²) < 4.78 is 5.80. The molecule has 2 aromatic rings. The van der Waals surface area contributed by atoms with Crippen molar-refractivity contribution in [2.75, 3.05) is 6.61 Å². The van der Waals surface area contributed by atoms with Crippen LogP contribution in [0.5, 0.6) is 5.75 Å². The lowest BCUT2D eigenvalue weighted by molar-refractivity contribution is -0.136. The number of aryl methyl sites for hydroxylation is 4. The van der Waals surface area contributed by atoms with E-state index in [2.05, 4.69) is 18.0 Å². The predicted octanol–water partition coefficient (Wildman–Crippen LogP) is 3.71. The van der Waals surface area contributed by atoms with Gasteiger partial charge in [-0.2, -0.15) is 0 Å². The Morgan fingerprint density at radius 1 is 1.32 bits per heavy atom. The van der Waals surface area contributed by atoms with E-state index in [1.54, 1.807) is 0 Å². The highest BCUT2D eigenvalue weighted by Gasteiger charge is 2.10. The molecule has 118 valence electrons. The number of thiazole rings is 1. The predicted molar refractivity (Wildman–Crippen MR) is 87.9 cm³/mol. The molecule has 0 spiro atoms. The second-order valence-corrected chi connectivity index (χ2v) is 6.58. The molecule has 0 aliphatic carbocycles. The summed E-state index contributed by atoms with van der Waals surface area (Å²) in [4.78, 5) is 16.0. The standard InChI is InChI=1S/C17H21NO3S/c1-11-6-7-14(12(2)9-11)21-8-4-5-16-18-13(3)15(22-16)10-17(19)20/h6-7,9H,4-5,8,10H2,1-3H3,(H,19,20). The zero-order chi connectivity index (χ0) is 16.1. The van der Waals surface area contributed by atoms with Crippen molar-refractivity contribution < 1.29 is 14.6 Å². The Bertz CT molecular complexity index is 664. The molecular formula is C17H21NO3S. The lowest BCUT2D eigenvalue weighted by Gasteiger charge is -2.09. The minimum atomic E-state index is -0.809. The molecule has 1 N–H and O–H groups in total. The Morgan fingerprint density at radius 3 is 2.77 bits per heavy atom. The number of hydrogen-bond donors (Lipinski definition) is 1. The first-order chi connectivity index (χ1) is 10.5. The highest BCUT2D eigenvalue weighted by molar-refractivity contribution is 7.11. The van der Waals surface area contributed by atoms with Crippen molar-refractivity contribution in [1.29, 1.82) is 0 Å². The fourth-order valence-electron chi connectivity index (χ4n) is 2.26. The van der Waals surface area contributed by atoms with Crippen LogP contribution in [0.3, 0.4) is 0 Å². The molecule has 22 heavy (non-hydrogen) atoms. The van der Waals surface area contributed by atoms with Crippen LogP contribution in [0.1, 0.15) is 33.1 Å². The van der Waals surface area contributed by atoms with Crippen molar-refractivity contribution in [1.82, 2.24) is 4.98 Å². The van der Waals surface area contributed by atoms with Gasteiger partial charge < -0.3 is 9.84 Å². The van der Waals surface area contributed by atoms with E-state index in [1.807, 2.05) is 26.0 Å². The van der Waals surface area contributed by atoms with Gasteiger partial charge in [0.15, 0.2) is 0 Å². The van der Waals surface area contributed by atoms with E-state index in [4.69, 9.17) is 9.84 Å². The summed E-state index contributed by atoms with van der Waals surface area (Å²) in [6.45, 7) is 6.61. The number of ether oxygens (including phenoxy) is 1. The van der Waals surface area contributed by atoms with Gasteiger partial charge in [0.05, 0.1) is 23.7 Å². The van der Waals surface area contributed by atoms with E-state index in [1.165, 1.54) is 16.9 Å². The topological polar surface area (TPSA) is 59.4 Å². The van der Waals surface area contributed by atoms with E-state index < -0.39 is 5.97 Å². The number of hydrogen-bond acceptors (Lipinski definition) is 4. The Labute approximate surface area is 134 Å².